The SMILES string of the molecule is CCOCCN(C)C(=O)c1sc2cc(Br)ccc2c1N. The van der Waals surface area contributed by atoms with Gasteiger partial charge >= 0.3 is 0 Å². The highest BCUT2D eigenvalue weighted by Crippen LogP contribution is 2.35. The maximum absolute atomic E-state index is 12.4. The maximum atomic E-state index is 12.4. The summed E-state index contributed by atoms with van der Waals surface area (Å²) in [5.41, 5.74) is 6.66. The Hall–Kier alpha value is -1.11. The van der Waals surface area contributed by atoms with E-state index in [9.17, 15) is 4.79 Å². The van der Waals surface area contributed by atoms with E-state index in [0.717, 1.165) is 14.6 Å². The van der Waals surface area contributed by atoms with Gasteiger partial charge in [0.1, 0.15) is 4.88 Å². The zero-order chi connectivity index (χ0) is 14.7. The lowest BCUT2D eigenvalue weighted by atomic mass is 10.2. The van der Waals surface area contributed by atoms with Gasteiger partial charge in [-0.2, -0.15) is 0 Å². The first-order valence-electron chi connectivity index (χ1n) is 6.35. The summed E-state index contributed by atoms with van der Waals surface area (Å²) in [5.74, 6) is -0.0560. The summed E-state index contributed by atoms with van der Waals surface area (Å²) >= 11 is 4.85. The fourth-order valence-corrected chi connectivity index (χ4v) is 3.54. The van der Waals surface area contributed by atoms with Crippen LogP contribution >= 0.6 is 27.3 Å². The molecule has 1 aromatic heterocycles. The van der Waals surface area contributed by atoms with Gasteiger partial charge < -0.3 is 15.4 Å². The molecule has 0 saturated carbocycles. The molecule has 0 aliphatic rings. The molecule has 0 atom stereocenters. The number of carbonyl (C=O) groups is 1. The van der Waals surface area contributed by atoms with Gasteiger partial charge in [0.2, 0.25) is 0 Å². The summed E-state index contributed by atoms with van der Waals surface area (Å²) in [4.78, 5) is 14.6. The second-order valence-corrected chi connectivity index (χ2v) is 6.38. The molecular formula is C14H17BrN2O2S. The third-order valence-electron chi connectivity index (χ3n) is 3.01. The summed E-state index contributed by atoms with van der Waals surface area (Å²) in [6, 6.07) is 5.84. The predicted molar refractivity (Wildman–Crippen MR) is 87.4 cm³/mol. The van der Waals surface area contributed by atoms with Gasteiger partial charge in [-0.1, -0.05) is 22.0 Å². The van der Waals surface area contributed by atoms with E-state index in [1.807, 2.05) is 25.1 Å². The molecule has 1 heterocycles. The summed E-state index contributed by atoms with van der Waals surface area (Å²) in [6.45, 7) is 3.68. The number of nitrogens with two attached hydrogens (primary N) is 1. The summed E-state index contributed by atoms with van der Waals surface area (Å²) in [7, 11) is 1.76. The zero-order valence-corrected chi connectivity index (χ0v) is 13.9. The minimum Gasteiger partial charge on any atom is -0.397 e. The van der Waals surface area contributed by atoms with Gasteiger partial charge in [-0.05, 0) is 19.1 Å². The molecule has 6 heteroatoms. The highest BCUT2D eigenvalue weighted by atomic mass is 79.9. The van der Waals surface area contributed by atoms with Crippen LogP contribution in [0.3, 0.4) is 0 Å². The predicted octanol–water partition coefficient (Wildman–Crippen LogP) is 3.35. The van der Waals surface area contributed by atoms with Gasteiger partial charge in [-0.15, -0.1) is 11.3 Å². The fourth-order valence-electron chi connectivity index (χ4n) is 1.87. The molecule has 0 spiro atoms. The lowest BCUT2D eigenvalue weighted by Crippen LogP contribution is -2.30. The Morgan fingerprint density at radius 2 is 2.25 bits per heavy atom. The van der Waals surface area contributed by atoms with Crippen LogP contribution in [-0.2, 0) is 4.74 Å². The number of benzene rings is 1. The first kappa shape index (κ1) is 15.3. The number of ether oxygens (including phenoxy) is 1. The third kappa shape index (κ3) is 3.13. The molecule has 108 valence electrons. The Bertz CT molecular complexity index is 627. The first-order valence-corrected chi connectivity index (χ1v) is 7.96. The Balaban J connectivity index is 2.23. The Morgan fingerprint density at radius 1 is 1.50 bits per heavy atom. The van der Waals surface area contributed by atoms with Crippen molar-refractivity contribution in [3.05, 3.63) is 27.5 Å². The number of amides is 1. The van der Waals surface area contributed by atoms with Crippen LogP contribution in [0.25, 0.3) is 10.1 Å². The number of nitrogen functional groups attached to an aromatic ring is 1. The number of thiophene rings is 1. The lowest BCUT2D eigenvalue weighted by Gasteiger charge is -2.16. The van der Waals surface area contributed by atoms with Crippen LogP contribution < -0.4 is 5.73 Å². The van der Waals surface area contributed by atoms with Gasteiger partial charge in [0.25, 0.3) is 5.91 Å². The molecule has 0 fully saturated rings. The highest BCUT2D eigenvalue weighted by molar-refractivity contribution is 9.10. The van der Waals surface area contributed by atoms with Crippen LogP contribution in [0.2, 0.25) is 0 Å². The number of rotatable bonds is 5. The van der Waals surface area contributed by atoms with Crippen molar-refractivity contribution < 1.29 is 9.53 Å². The van der Waals surface area contributed by atoms with E-state index in [2.05, 4.69) is 15.9 Å². The molecule has 0 saturated heterocycles. The van der Waals surface area contributed by atoms with Crippen LogP contribution in [0, 0.1) is 0 Å². The summed E-state index contributed by atoms with van der Waals surface area (Å²) in [6.07, 6.45) is 0. The normalized spacial score (nSPS) is 10.9. The van der Waals surface area contributed by atoms with Crippen molar-refractivity contribution in [1.29, 1.82) is 0 Å². The van der Waals surface area contributed by atoms with Gasteiger partial charge in [-0.25, -0.2) is 0 Å². The topological polar surface area (TPSA) is 55.6 Å². The van der Waals surface area contributed by atoms with E-state index in [-0.39, 0.29) is 5.91 Å². The quantitative estimate of drug-likeness (QED) is 0.835. The average molecular weight is 357 g/mol. The second-order valence-electron chi connectivity index (χ2n) is 4.41. The number of likely N-dealkylation sites (N-methyl/N-ethyl adjacent to an activating group) is 1. The number of fused-ring (bicyclic) bond motifs is 1. The number of anilines is 1. The van der Waals surface area contributed by atoms with Crippen LogP contribution in [0.5, 0.6) is 0 Å². The largest absolute Gasteiger partial charge is 0.397 e. The van der Waals surface area contributed by atoms with E-state index in [4.69, 9.17) is 10.5 Å². The Morgan fingerprint density at radius 3 is 2.95 bits per heavy atom. The van der Waals surface area contributed by atoms with E-state index < -0.39 is 0 Å². The highest BCUT2D eigenvalue weighted by Gasteiger charge is 2.19. The molecule has 20 heavy (non-hydrogen) atoms. The van der Waals surface area contributed by atoms with Crippen LogP contribution in [-0.4, -0.2) is 37.6 Å². The monoisotopic (exact) mass is 356 g/mol. The third-order valence-corrected chi connectivity index (χ3v) is 4.66. The van der Waals surface area contributed by atoms with Crippen molar-refractivity contribution in [2.75, 3.05) is 32.5 Å². The molecule has 2 rings (SSSR count). The number of hydrogen-bond donors (Lipinski definition) is 1. The molecule has 0 bridgehead atoms. The Kier molecular flexibility index (Phi) is 5.01. The minimum atomic E-state index is -0.0560. The molecule has 1 amide bonds. The number of hydrogen-bond acceptors (Lipinski definition) is 4. The number of carbonyl (C=O) groups excluding carboxylic acids is 1. The van der Waals surface area contributed by atoms with E-state index in [1.54, 1.807) is 11.9 Å². The van der Waals surface area contributed by atoms with Crippen molar-refractivity contribution >= 4 is 48.9 Å². The molecule has 0 aliphatic carbocycles. The Labute approximate surface area is 130 Å². The summed E-state index contributed by atoms with van der Waals surface area (Å²) in [5, 5.41) is 0.930. The van der Waals surface area contributed by atoms with Crippen molar-refractivity contribution in [3.63, 3.8) is 0 Å². The molecule has 2 N–H and O–H groups in total. The van der Waals surface area contributed by atoms with Crippen molar-refractivity contribution in [1.82, 2.24) is 4.90 Å². The average Bonchev–Trinajstić information content (AvgIpc) is 2.74. The van der Waals surface area contributed by atoms with Gasteiger partial charge in [-0.3, -0.25) is 4.79 Å². The lowest BCUT2D eigenvalue weighted by molar-refractivity contribution is 0.0715. The van der Waals surface area contributed by atoms with Crippen molar-refractivity contribution in [2.45, 2.75) is 6.92 Å². The minimum absolute atomic E-state index is 0.0560. The van der Waals surface area contributed by atoms with Crippen molar-refractivity contribution in [3.8, 4) is 0 Å². The maximum Gasteiger partial charge on any atom is 0.265 e. The number of halogens is 1. The molecule has 2 aromatic rings. The van der Waals surface area contributed by atoms with Gasteiger partial charge in [0.05, 0.1) is 12.3 Å². The van der Waals surface area contributed by atoms with E-state index in [1.165, 1.54) is 11.3 Å². The number of nitrogens with zero attached hydrogens (tertiary/aromatic N) is 1. The molecular weight excluding hydrogens is 340 g/mol. The van der Waals surface area contributed by atoms with Crippen LogP contribution in [0.1, 0.15) is 16.6 Å². The fraction of sp³-hybridized carbons (Fsp3) is 0.357. The van der Waals surface area contributed by atoms with Gasteiger partial charge in [0, 0.05) is 34.8 Å². The standard InChI is InChI=1S/C14H17BrN2O2S/c1-3-19-7-6-17(2)14(18)13-12(16)10-5-4-9(15)8-11(10)20-13/h4-5,8H,3,6-7,16H2,1-2H3. The second kappa shape index (κ2) is 6.56. The summed E-state index contributed by atoms with van der Waals surface area (Å²) < 4.78 is 7.26. The first-order chi connectivity index (χ1) is 9.54. The van der Waals surface area contributed by atoms with E-state index >= 15 is 0 Å². The van der Waals surface area contributed by atoms with Crippen molar-refractivity contribution in [2.24, 2.45) is 0 Å². The smallest absolute Gasteiger partial charge is 0.265 e. The molecule has 0 radical (unpaired) electrons. The molecule has 0 aliphatic heterocycles. The molecule has 4 nitrogen and oxygen atoms in total. The zero-order valence-electron chi connectivity index (χ0n) is 11.5. The molecule has 0 unspecified atom stereocenters. The molecule has 1 aromatic carbocycles. The van der Waals surface area contributed by atoms with Gasteiger partial charge in [0.15, 0.2) is 0 Å². The van der Waals surface area contributed by atoms with Crippen LogP contribution in [0.15, 0.2) is 22.7 Å². The van der Waals surface area contributed by atoms with E-state index in [0.29, 0.717) is 30.3 Å². The van der Waals surface area contributed by atoms with Crippen LogP contribution in [0.4, 0.5) is 5.69 Å².